The standard InChI is InChI=1S/C23H32N4O4S/c1-18-15-23(25(2)24-18)32(29,30)26-12-6-14-31-21-9-5-7-19(16-21)10-11-20-8-3-4-13-27(20)22(28)17-26/h5,7,9,15-16,20H,3-4,6,8,10-14,17H2,1-2H3. The summed E-state index contributed by atoms with van der Waals surface area (Å²) in [7, 11) is -2.26. The molecule has 2 bridgehead atoms. The van der Waals surface area contributed by atoms with E-state index in [0.29, 0.717) is 25.3 Å². The first-order valence-electron chi connectivity index (χ1n) is 11.4. The molecule has 1 saturated heterocycles. The highest BCUT2D eigenvalue weighted by Gasteiger charge is 2.33. The molecule has 174 valence electrons. The average molecular weight is 461 g/mol. The van der Waals surface area contributed by atoms with Crippen LogP contribution in [0.5, 0.6) is 5.75 Å². The van der Waals surface area contributed by atoms with Crippen LogP contribution in [-0.4, -0.2) is 65.6 Å². The second-order valence-corrected chi connectivity index (χ2v) is 10.6. The van der Waals surface area contributed by atoms with Crippen molar-refractivity contribution < 1.29 is 17.9 Å². The number of aryl methyl sites for hydroxylation is 3. The number of ether oxygens (including phenoxy) is 1. The summed E-state index contributed by atoms with van der Waals surface area (Å²) in [6, 6.07) is 9.75. The van der Waals surface area contributed by atoms with Crippen LogP contribution in [0.1, 0.15) is 43.4 Å². The molecule has 1 aromatic carbocycles. The van der Waals surface area contributed by atoms with Gasteiger partial charge in [0.2, 0.25) is 5.91 Å². The number of hydrogen-bond acceptors (Lipinski definition) is 5. The largest absolute Gasteiger partial charge is 0.494 e. The topological polar surface area (TPSA) is 84.7 Å². The van der Waals surface area contributed by atoms with Crippen LogP contribution >= 0.6 is 0 Å². The molecule has 1 unspecified atom stereocenters. The molecule has 2 aliphatic rings. The van der Waals surface area contributed by atoms with E-state index in [0.717, 1.165) is 37.9 Å². The Labute approximate surface area is 190 Å². The fourth-order valence-corrected chi connectivity index (χ4v) is 6.28. The molecular formula is C23H32N4O4S. The summed E-state index contributed by atoms with van der Waals surface area (Å²) >= 11 is 0. The van der Waals surface area contributed by atoms with Crippen molar-refractivity contribution in [2.45, 2.75) is 56.5 Å². The number of hydrogen-bond donors (Lipinski definition) is 0. The maximum absolute atomic E-state index is 13.5. The minimum Gasteiger partial charge on any atom is -0.494 e. The Morgan fingerprint density at radius 3 is 2.72 bits per heavy atom. The van der Waals surface area contributed by atoms with Gasteiger partial charge in [0.05, 0.1) is 18.8 Å². The SMILES string of the molecule is Cc1cc(S(=O)(=O)N2CCCOc3cccc(c3)CCC3CCCCN3C(=O)C2)n(C)n1. The molecule has 1 amide bonds. The van der Waals surface area contributed by atoms with Gasteiger partial charge in [0.15, 0.2) is 5.03 Å². The average Bonchev–Trinajstić information content (AvgIpc) is 3.13. The van der Waals surface area contributed by atoms with E-state index in [1.54, 1.807) is 20.0 Å². The summed E-state index contributed by atoms with van der Waals surface area (Å²) in [5.74, 6) is 0.677. The number of carbonyl (C=O) groups is 1. The van der Waals surface area contributed by atoms with E-state index < -0.39 is 10.0 Å². The fourth-order valence-electron chi connectivity index (χ4n) is 4.67. The van der Waals surface area contributed by atoms with Crippen molar-refractivity contribution in [1.82, 2.24) is 19.0 Å². The van der Waals surface area contributed by atoms with Gasteiger partial charge in [-0.15, -0.1) is 0 Å². The first-order valence-corrected chi connectivity index (χ1v) is 12.8. The van der Waals surface area contributed by atoms with E-state index in [1.165, 1.54) is 14.6 Å². The lowest BCUT2D eigenvalue weighted by Gasteiger charge is -2.37. The minimum absolute atomic E-state index is 0.104. The van der Waals surface area contributed by atoms with Crippen LogP contribution in [-0.2, 0) is 28.3 Å². The smallest absolute Gasteiger partial charge is 0.260 e. The molecule has 0 radical (unpaired) electrons. The van der Waals surface area contributed by atoms with Crippen molar-refractivity contribution in [1.29, 1.82) is 0 Å². The zero-order valence-electron chi connectivity index (χ0n) is 18.9. The normalized spacial score (nSPS) is 21.5. The molecule has 1 atom stereocenters. The van der Waals surface area contributed by atoms with E-state index in [1.807, 2.05) is 23.1 Å². The summed E-state index contributed by atoms with van der Waals surface area (Å²) in [6.45, 7) is 2.86. The third-order valence-electron chi connectivity index (χ3n) is 6.31. The number of carbonyl (C=O) groups excluding carboxylic acids is 1. The second kappa shape index (κ2) is 9.62. The molecule has 32 heavy (non-hydrogen) atoms. The number of fused-ring (bicyclic) bond motifs is 3. The third kappa shape index (κ3) is 4.99. The Balaban J connectivity index is 1.63. The predicted molar refractivity (Wildman–Crippen MR) is 121 cm³/mol. The van der Waals surface area contributed by atoms with E-state index in [2.05, 4.69) is 11.2 Å². The lowest BCUT2D eigenvalue weighted by molar-refractivity contribution is -0.135. The molecule has 9 heteroatoms. The number of rotatable bonds is 2. The maximum Gasteiger partial charge on any atom is 0.260 e. The minimum atomic E-state index is -3.87. The third-order valence-corrected chi connectivity index (χ3v) is 8.21. The lowest BCUT2D eigenvalue weighted by atomic mass is 9.95. The van der Waals surface area contributed by atoms with Gasteiger partial charge in [-0.3, -0.25) is 9.48 Å². The fraction of sp³-hybridized carbons (Fsp3) is 0.565. The predicted octanol–water partition coefficient (Wildman–Crippen LogP) is 2.52. The Kier molecular flexibility index (Phi) is 6.85. The first-order chi connectivity index (χ1) is 15.3. The Morgan fingerprint density at radius 2 is 1.94 bits per heavy atom. The zero-order valence-corrected chi connectivity index (χ0v) is 19.7. The number of piperidine rings is 1. The molecule has 3 heterocycles. The highest BCUT2D eigenvalue weighted by atomic mass is 32.2. The van der Waals surface area contributed by atoms with Gasteiger partial charge in [0, 0.05) is 26.2 Å². The highest BCUT2D eigenvalue weighted by Crippen LogP contribution is 2.25. The number of aromatic nitrogens is 2. The van der Waals surface area contributed by atoms with E-state index in [9.17, 15) is 13.2 Å². The van der Waals surface area contributed by atoms with Gasteiger partial charge in [-0.25, -0.2) is 8.42 Å². The van der Waals surface area contributed by atoms with Gasteiger partial charge in [0.1, 0.15) is 5.75 Å². The molecule has 4 rings (SSSR count). The van der Waals surface area contributed by atoms with Crippen molar-refractivity contribution in [2.24, 2.45) is 7.05 Å². The van der Waals surface area contributed by atoms with Crippen LogP contribution in [0.3, 0.4) is 0 Å². The summed E-state index contributed by atoms with van der Waals surface area (Å²) in [6.07, 6.45) is 5.21. The summed E-state index contributed by atoms with van der Waals surface area (Å²) in [5, 5.41) is 4.29. The van der Waals surface area contributed by atoms with Crippen molar-refractivity contribution >= 4 is 15.9 Å². The van der Waals surface area contributed by atoms with Gasteiger partial charge in [0.25, 0.3) is 10.0 Å². The van der Waals surface area contributed by atoms with Gasteiger partial charge >= 0.3 is 0 Å². The van der Waals surface area contributed by atoms with Crippen molar-refractivity contribution in [2.75, 3.05) is 26.2 Å². The molecule has 0 aliphatic carbocycles. The van der Waals surface area contributed by atoms with E-state index >= 15 is 0 Å². The summed E-state index contributed by atoms with van der Waals surface area (Å²) < 4.78 is 35.5. The zero-order chi connectivity index (χ0) is 22.7. The molecule has 2 aliphatic heterocycles. The quantitative estimate of drug-likeness (QED) is 0.688. The van der Waals surface area contributed by atoms with Gasteiger partial charge in [-0.05, 0) is 69.2 Å². The number of sulfonamides is 1. The Bertz CT molecular complexity index is 1070. The molecule has 0 spiro atoms. The number of benzene rings is 1. The van der Waals surface area contributed by atoms with Gasteiger partial charge < -0.3 is 9.64 Å². The van der Waals surface area contributed by atoms with Crippen LogP contribution < -0.4 is 4.74 Å². The number of nitrogens with zero attached hydrogens (tertiary/aromatic N) is 4. The summed E-state index contributed by atoms with van der Waals surface area (Å²) in [5.41, 5.74) is 1.83. The molecule has 2 aromatic rings. The van der Waals surface area contributed by atoms with E-state index in [4.69, 9.17) is 4.74 Å². The van der Waals surface area contributed by atoms with Gasteiger partial charge in [-0.1, -0.05) is 12.1 Å². The number of amides is 1. The highest BCUT2D eigenvalue weighted by molar-refractivity contribution is 7.89. The van der Waals surface area contributed by atoms with Crippen LogP contribution in [0.15, 0.2) is 35.4 Å². The maximum atomic E-state index is 13.5. The second-order valence-electron chi connectivity index (χ2n) is 8.71. The van der Waals surface area contributed by atoms with Crippen LogP contribution in [0.2, 0.25) is 0 Å². The van der Waals surface area contributed by atoms with Crippen molar-refractivity contribution in [3.05, 3.63) is 41.6 Å². The van der Waals surface area contributed by atoms with E-state index in [-0.39, 0.29) is 30.1 Å². The molecule has 0 saturated carbocycles. The molecular weight excluding hydrogens is 428 g/mol. The van der Waals surface area contributed by atoms with Crippen molar-refractivity contribution in [3.63, 3.8) is 0 Å². The summed E-state index contributed by atoms with van der Waals surface area (Å²) in [4.78, 5) is 15.2. The monoisotopic (exact) mass is 460 g/mol. The molecule has 0 N–H and O–H groups in total. The molecule has 8 nitrogen and oxygen atoms in total. The van der Waals surface area contributed by atoms with Crippen LogP contribution in [0.25, 0.3) is 0 Å². The Morgan fingerprint density at radius 1 is 1.09 bits per heavy atom. The van der Waals surface area contributed by atoms with Crippen LogP contribution in [0.4, 0.5) is 0 Å². The Hall–Kier alpha value is -2.39. The molecule has 1 fully saturated rings. The van der Waals surface area contributed by atoms with Crippen molar-refractivity contribution in [3.8, 4) is 5.75 Å². The first kappa shape index (κ1) is 22.8. The van der Waals surface area contributed by atoms with Crippen LogP contribution in [0, 0.1) is 6.92 Å². The molecule has 1 aromatic heterocycles. The van der Waals surface area contributed by atoms with Gasteiger partial charge in [-0.2, -0.15) is 9.40 Å². The lowest BCUT2D eigenvalue weighted by Crippen LogP contribution is -2.49.